The summed E-state index contributed by atoms with van der Waals surface area (Å²) in [7, 11) is 0. The van der Waals surface area contributed by atoms with Crippen LogP contribution in [0.5, 0.6) is 0 Å². The Morgan fingerprint density at radius 1 is 1.11 bits per heavy atom. The molecule has 0 saturated heterocycles. The van der Waals surface area contributed by atoms with Gasteiger partial charge in [0.15, 0.2) is 0 Å². The quantitative estimate of drug-likeness (QED) is 0.463. The molecule has 0 atom stereocenters. The minimum atomic E-state index is 0.700. The molecule has 0 amide bonds. The third-order valence-corrected chi connectivity index (χ3v) is 0.843. The zero-order valence-corrected chi connectivity index (χ0v) is 6.92. The van der Waals surface area contributed by atoms with Gasteiger partial charge in [-0.2, -0.15) is 24.6 Å². The van der Waals surface area contributed by atoms with E-state index in [2.05, 4.69) is 6.92 Å². The minimum absolute atomic E-state index is 0.700. The summed E-state index contributed by atoms with van der Waals surface area (Å²) in [6.45, 7) is 3.72. The van der Waals surface area contributed by atoms with E-state index >= 15 is 0 Å². The Bertz CT molecular complexity index is 150. The molecule has 0 unspecified atom stereocenters. The standard InChI is InChI=1S/C7H7.Mo.O/c1-7-5-3-2-4-6-7;;/h2-6H,1H2;;/q-1;;. The van der Waals surface area contributed by atoms with Crippen molar-refractivity contribution >= 4 is 0 Å². The molecule has 0 aromatic heterocycles. The topological polar surface area (TPSA) is 17.1 Å². The number of hydrogen-bond donors (Lipinski definition) is 0. The van der Waals surface area contributed by atoms with E-state index in [9.17, 15) is 0 Å². The van der Waals surface area contributed by atoms with Crippen molar-refractivity contribution < 1.29 is 23.2 Å². The Hall–Kier alpha value is -0.422. The van der Waals surface area contributed by atoms with E-state index in [1.807, 2.05) is 30.3 Å². The van der Waals surface area contributed by atoms with Crippen molar-refractivity contribution in [3.05, 3.63) is 42.8 Å². The van der Waals surface area contributed by atoms with Crippen molar-refractivity contribution in [2.75, 3.05) is 0 Å². The molecule has 9 heavy (non-hydrogen) atoms. The summed E-state index contributed by atoms with van der Waals surface area (Å²) in [6, 6.07) is 9.87. The van der Waals surface area contributed by atoms with E-state index in [1.165, 1.54) is 0 Å². The maximum atomic E-state index is 8.26. The van der Waals surface area contributed by atoms with Crippen LogP contribution in [0.15, 0.2) is 30.3 Å². The second kappa shape index (κ2) is 5.71. The summed E-state index contributed by atoms with van der Waals surface area (Å²) >= 11 is 0.700. The summed E-state index contributed by atoms with van der Waals surface area (Å²) in [5, 5.41) is 0. The normalized spacial score (nSPS) is 7.11. The first-order chi connectivity index (χ1) is 4.39. The van der Waals surface area contributed by atoms with Crippen LogP contribution in [0, 0.1) is 6.92 Å². The average Bonchev–Trinajstić information content (AvgIpc) is 1.94. The van der Waals surface area contributed by atoms with Gasteiger partial charge in [0.2, 0.25) is 0 Å². The number of benzene rings is 1. The van der Waals surface area contributed by atoms with Crippen LogP contribution in [0.2, 0.25) is 0 Å². The zero-order chi connectivity index (χ0) is 7.11. The van der Waals surface area contributed by atoms with Gasteiger partial charge >= 0.3 is 23.2 Å². The molecule has 0 heterocycles. The van der Waals surface area contributed by atoms with E-state index in [0.717, 1.165) is 5.56 Å². The van der Waals surface area contributed by atoms with Crippen molar-refractivity contribution in [3.8, 4) is 0 Å². The van der Waals surface area contributed by atoms with Crippen LogP contribution in [-0.2, 0) is 23.2 Å². The van der Waals surface area contributed by atoms with E-state index < -0.39 is 0 Å². The molecule has 48 valence electrons. The van der Waals surface area contributed by atoms with Crippen LogP contribution in [-0.4, -0.2) is 0 Å². The fraction of sp³-hybridized carbons (Fsp3) is 0. The Kier molecular flexibility index (Phi) is 5.44. The number of hydrogen-bond acceptors (Lipinski definition) is 1. The number of rotatable bonds is 0. The molecule has 0 fully saturated rings. The summed E-state index contributed by atoms with van der Waals surface area (Å²) in [5.74, 6) is 0. The van der Waals surface area contributed by atoms with Crippen LogP contribution in [0.3, 0.4) is 0 Å². The van der Waals surface area contributed by atoms with Crippen molar-refractivity contribution in [3.63, 3.8) is 0 Å². The van der Waals surface area contributed by atoms with Crippen molar-refractivity contribution in [2.24, 2.45) is 0 Å². The van der Waals surface area contributed by atoms with Crippen molar-refractivity contribution in [1.82, 2.24) is 0 Å². The van der Waals surface area contributed by atoms with E-state index in [1.54, 1.807) is 0 Å². The fourth-order valence-electron chi connectivity index (χ4n) is 0.478. The third-order valence-electron chi connectivity index (χ3n) is 0.843. The molecule has 1 aromatic carbocycles. The summed E-state index contributed by atoms with van der Waals surface area (Å²) < 4.78 is 8.26. The van der Waals surface area contributed by atoms with Gasteiger partial charge in [-0.05, 0) is 0 Å². The third kappa shape index (κ3) is 4.11. The van der Waals surface area contributed by atoms with Gasteiger partial charge in [0.25, 0.3) is 0 Å². The van der Waals surface area contributed by atoms with Gasteiger partial charge in [-0.25, -0.2) is 0 Å². The molecule has 0 spiro atoms. The van der Waals surface area contributed by atoms with Crippen LogP contribution < -0.4 is 0 Å². The van der Waals surface area contributed by atoms with Gasteiger partial charge < -0.3 is 0 Å². The van der Waals surface area contributed by atoms with Crippen molar-refractivity contribution in [2.45, 2.75) is 0 Å². The van der Waals surface area contributed by atoms with Gasteiger partial charge in [0, 0.05) is 0 Å². The molecular formula is C7H7MoO-. The summed E-state index contributed by atoms with van der Waals surface area (Å²) in [4.78, 5) is 0. The van der Waals surface area contributed by atoms with Crippen LogP contribution >= 0.6 is 0 Å². The summed E-state index contributed by atoms with van der Waals surface area (Å²) in [6.07, 6.45) is 0. The second-order valence-corrected chi connectivity index (χ2v) is 1.49. The van der Waals surface area contributed by atoms with Gasteiger partial charge in [0.05, 0.1) is 0 Å². The predicted octanol–water partition coefficient (Wildman–Crippen LogP) is 1.75. The van der Waals surface area contributed by atoms with E-state index in [-0.39, 0.29) is 0 Å². The Labute approximate surface area is 66.3 Å². The van der Waals surface area contributed by atoms with E-state index in [0.29, 0.717) is 19.8 Å². The SMILES string of the molecule is [CH2-]c1ccccc1.[O]=[Mo]. The monoisotopic (exact) mass is 205 g/mol. The van der Waals surface area contributed by atoms with Crippen LogP contribution in [0.4, 0.5) is 0 Å². The Morgan fingerprint density at radius 2 is 1.56 bits per heavy atom. The summed E-state index contributed by atoms with van der Waals surface area (Å²) in [5.41, 5.74) is 1.07. The molecule has 0 aliphatic heterocycles. The Balaban J connectivity index is 0.000000291. The Morgan fingerprint density at radius 3 is 1.78 bits per heavy atom. The van der Waals surface area contributed by atoms with Gasteiger partial charge in [0.1, 0.15) is 0 Å². The van der Waals surface area contributed by atoms with Gasteiger partial charge in [-0.1, -0.05) is 6.07 Å². The zero-order valence-electron chi connectivity index (χ0n) is 4.91. The molecule has 0 saturated carbocycles. The molecule has 1 aromatic rings. The molecular weight excluding hydrogens is 196 g/mol. The molecule has 2 heteroatoms. The van der Waals surface area contributed by atoms with Crippen molar-refractivity contribution in [1.29, 1.82) is 0 Å². The van der Waals surface area contributed by atoms with Gasteiger partial charge in [-0.15, -0.1) is 12.1 Å². The molecule has 0 aliphatic carbocycles. The molecule has 0 radical (unpaired) electrons. The van der Waals surface area contributed by atoms with Crippen LogP contribution in [0.25, 0.3) is 0 Å². The molecule has 0 N–H and O–H groups in total. The second-order valence-electron chi connectivity index (χ2n) is 1.49. The fourth-order valence-corrected chi connectivity index (χ4v) is 0.478. The van der Waals surface area contributed by atoms with E-state index in [4.69, 9.17) is 3.40 Å². The molecule has 0 aliphatic rings. The molecule has 1 nitrogen and oxygen atoms in total. The maximum absolute atomic E-state index is 8.26. The molecule has 1 rings (SSSR count). The first kappa shape index (κ1) is 8.58. The van der Waals surface area contributed by atoms with Gasteiger partial charge in [-0.3, -0.25) is 0 Å². The average molecular weight is 203 g/mol. The first-order valence-electron chi connectivity index (χ1n) is 2.43. The molecule has 0 bridgehead atoms. The van der Waals surface area contributed by atoms with Crippen LogP contribution in [0.1, 0.15) is 5.56 Å². The first-order valence-corrected chi connectivity index (χ1v) is 3.25. The predicted molar refractivity (Wildman–Crippen MR) is 31.6 cm³/mol.